The minimum Gasteiger partial charge on any atom is -0.461 e. The van der Waals surface area contributed by atoms with E-state index in [2.05, 4.69) is 0 Å². The van der Waals surface area contributed by atoms with Crippen LogP contribution in [0.5, 0.6) is 0 Å². The Bertz CT molecular complexity index is 491. The van der Waals surface area contributed by atoms with Crippen LogP contribution in [0.3, 0.4) is 0 Å². The van der Waals surface area contributed by atoms with Crippen LogP contribution in [0, 0.1) is 0 Å². The molecule has 0 spiro atoms. The molecule has 0 saturated heterocycles. The zero-order valence-electron chi connectivity index (χ0n) is 7.74. The minimum atomic E-state index is -0.266. The summed E-state index contributed by atoms with van der Waals surface area (Å²) in [5.41, 5.74) is 6.43. The molecule has 4 heteroatoms. The van der Waals surface area contributed by atoms with Crippen molar-refractivity contribution in [1.29, 1.82) is 0 Å². The van der Waals surface area contributed by atoms with Gasteiger partial charge in [-0.15, -0.1) is 0 Å². The molecular weight excluding hydrogens is 214 g/mol. The predicted octanol–water partition coefficient (Wildman–Crippen LogP) is 2.75. The Hall–Kier alpha value is -1.74. The van der Waals surface area contributed by atoms with Crippen LogP contribution >= 0.6 is 11.6 Å². The number of nitrogens with two attached hydrogens (primary N) is 1. The first kappa shape index (κ1) is 9.80. The number of hydrogen-bond acceptors (Lipinski definition) is 3. The molecule has 0 unspecified atom stereocenters. The van der Waals surface area contributed by atoms with Crippen molar-refractivity contribution in [3.63, 3.8) is 0 Å². The number of carbonyl (C=O) groups is 1. The Balaban J connectivity index is 2.46. The molecule has 0 fully saturated rings. The average Bonchev–Trinajstić information content (AvgIpc) is 2.74. The quantitative estimate of drug-likeness (QED) is 0.627. The van der Waals surface area contributed by atoms with Gasteiger partial charge in [0.2, 0.25) is 5.78 Å². The Labute approximate surface area is 91.5 Å². The summed E-state index contributed by atoms with van der Waals surface area (Å²) in [6.07, 6.45) is 1.44. The maximum absolute atomic E-state index is 11.8. The van der Waals surface area contributed by atoms with Crippen molar-refractivity contribution in [2.45, 2.75) is 0 Å². The molecule has 1 aromatic carbocycles. The van der Waals surface area contributed by atoms with Gasteiger partial charge in [-0.3, -0.25) is 4.79 Å². The Morgan fingerprint density at radius 3 is 2.80 bits per heavy atom. The van der Waals surface area contributed by atoms with Crippen molar-refractivity contribution >= 4 is 23.1 Å². The molecule has 0 amide bonds. The van der Waals surface area contributed by atoms with E-state index in [1.807, 2.05) is 0 Å². The van der Waals surface area contributed by atoms with Crippen molar-refractivity contribution in [3.05, 3.63) is 52.9 Å². The van der Waals surface area contributed by atoms with Crippen molar-refractivity contribution in [3.8, 4) is 0 Å². The third kappa shape index (κ3) is 1.87. The second-order valence-electron chi connectivity index (χ2n) is 3.05. The highest BCUT2D eigenvalue weighted by molar-refractivity contribution is 6.34. The second kappa shape index (κ2) is 3.79. The van der Waals surface area contributed by atoms with Crippen LogP contribution < -0.4 is 5.73 Å². The molecule has 0 saturated carbocycles. The van der Waals surface area contributed by atoms with Crippen LogP contribution in [0.4, 0.5) is 5.69 Å². The van der Waals surface area contributed by atoms with Crippen LogP contribution in [-0.4, -0.2) is 5.78 Å². The zero-order chi connectivity index (χ0) is 10.8. The van der Waals surface area contributed by atoms with E-state index < -0.39 is 0 Å². The van der Waals surface area contributed by atoms with Gasteiger partial charge in [0.1, 0.15) is 0 Å². The van der Waals surface area contributed by atoms with E-state index in [9.17, 15) is 4.79 Å². The van der Waals surface area contributed by atoms with E-state index in [-0.39, 0.29) is 11.5 Å². The first-order valence-corrected chi connectivity index (χ1v) is 4.69. The number of furan rings is 1. The van der Waals surface area contributed by atoms with Gasteiger partial charge >= 0.3 is 0 Å². The van der Waals surface area contributed by atoms with Crippen LogP contribution in [0.15, 0.2) is 41.0 Å². The molecule has 0 atom stereocenters. The number of anilines is 1. The summed E-state index contributed by atoms with van der Waals surface area (Å²) in [7, 11) is 0. The van der Waals surface area contributed by atoms with E-state index in [1.54, 1.807) is 24.3 Å². The maximum atomic E-state index is 11.8. The molecule has 3 nitrogen and oxygen atoms in total. The Kier molecular flexibility index (Phi) is 2.47. The lowest BCUT2D eigenvalue weighted by Gasteiger charge is -2.02. The van der Waals surface area contributed by atoms with Crippen LogP contribution in [0.1, 0.15) is 16.1 Å². The van der Waals surface area contributed by atoms with E-state index >= 15 is 0 Å². The lowest BCUT2D eigenvalue weighted by molar-refractivity contribution is 0.101. The van der Waals surface area contributed by atoms with E-state index in [4.69, 9.17) is 21.8 Å². The Morgan fingerprint density at radius 2 is 2.13 bits per heavy atom. The Morgan fingerprint density at radius 1 is 1.33 bits per heavy atom. The number of carbonyl (C=O) groups excluding carboxylic acids is 1. The van der Waals surface area contributed by atoms with Crippen LogP contribution in [0.25, 0.3) is 0 Å². The highest BCUT2D eigenvalue weighted by atomic mass is 35.5. The summed E-state index contributed by atoms with van der Waals surface area (Å²) < 4.78 is 5.00. The lowest BCUT2D eigenvalue weighted by atomic mass is 10.1. The van der Waals surface area contributed by atoms with Gasteiger partial charge in [-0.1, -0.05) is 11.6 Å². The smallest absolute Gasteiger partial charge is 0.229 e. The van der Waals surface area contributed by atoms with Crippen LogP contribution in [0.2, 0.25) is 5.02 Å². The van der Waals surface area contributed by atoms with Gasteiger partial charge < -0.3 is 10.2 Å². The average molecular weight is 222 g/mol. The van der Waals surface area contributed by atoms with Gasteiger partial charge in [-0.2, -0.15) is 0 Å². The van der Waals surface area contributed by atoms with Crippen molar-refractivity contribution < 1.29 is 9.21 Å². The third-order valence-corrected chi connectivity index (χ3v) is 2.31. The van der Waals surface area contributed by atoms with Gasteiger partial charge in [0.05, 0.1) is 11.3 Å². The number of benzene rings is 1. The molecule has 15 heavy (non-hydrogen) atoms. The SMILES string of the molecule is Nc1ccc(Cl)c(C(=O)c2ccco2)c1. The largest absolute Gasteiger partial charge is 0.461 e. The van der Waals surface area contributed by atoms with Crippen LogP contribution in [-0.2, 0) is 0 Å². The fourth-order valence-electron chi connectivity index (χ4n) is 1.26. The number of nitrogen functional groups attached to an aromatic ring is 1. The lowest BCUT2D eigenvalue weighted by Crippen LogP contribution is -2.01. The summed E-state index contributed by atoms with van der Waals surface area (Å²) in [5.74, 6) is -0.0141. The highest BCUT2D eigenvalue weighted by Crippen LogP contribution is 2.22. The summed E-state index contributed by atoms with van der Waals surface area (Å²) in [6.45, 7) is 0. The van der Waals surface area contributed by atoms with Crippen molar-refractivity contribution in [2.24, 2.45) is 0 Å². The number of ketones is 1. The summed E-state index contributed by atoms with van der Waals surface area (Å²) in [6, 6.07) is 8.00. The van der Waals surface area contributed by atoms with E-state index in [0.717, 1.165) is 0 Å². The van der Waals surface area contributed by atoms with Gasteiger partial charge in [0.15, 0.2) is 5.76 Å². The number of halogens is 1. The summed E-state index contributed by atoms with van der Waals surface area (Å²) in [5, 5.41) is 0.366. The van der Waals surface area contributed by atoms with E-state index in [1.165, 1.54) is 12.3 Å². The van der Waals surface area contributed by atoms with Crippen molar-refractivity contribution in [2.75, 3.05) is 5.73 Å². The van der Waals surface area contributed by atoms with Gasteiger partial charge in [0.25, 0.3) is 0 Å². The van der Waals surface area contributed by atoms with Gasteiger partial charge in [0, 0.05) is 11.3 Å². The van der Waals surface area contributed by atoms with E-state index in [0.29, 0.717) is 16.3 Å². The van der Waals surface area contributed by atoms with Gasteiger partial charge in [-0.25, -0.2) is 0 Å². The summed E-state index contributed by atoms with van der Waals surface area (Å²) >= 11 is 5.89. The molecule has 0 aliphatic carbocycles. The molecule has 1 heterocycles. The molecule has 2 aromatic rings. The molecule has 1 aromatic heterocycles. The maximum Gasteiger partial charge on any atom is 0.229 e. The fourth-order valence-corrected chi connectivity index (χ4v) is 1.46. The number of rotatable bonds is 2. The molecule has 0 aliphatic rings. The zero-order valence-corrected chi connectivity index (χ0v) is 8.49. The minimum absolute atomic E-state index is 0.252. The third-order valence-electron chi connectivity index (χ3n) is 1.98. The topological polar surface area (TPSA) is 56.2 Å². The number of hydrogen-bond donors (Lipinski definition) is 1. The molecule has 2 N–H and O–H groups in total. The molecule has 0 radical (unpaired) electrons. The van der Waals surface area contributed by atoms with Gasteiger partial charge in [-0.05, 0) is 30.3 Å². The monoisotopic (exact) mass is 221 g/mol. The highest BCUT2D eigenvalue weighted by Gasteiger charge is 2.15. The standard InChI is InChI=1S/C11H8ClNO2/c12-9-4-3-7(13)6-8(9)11(14)10-2-1-5-15-10/h1-6H,13H2. The van der Waals surface area contributed by atoms with Crippen molar-refractivity contribution in [1.82, 2.24) is 0 Å². The predicted molar refractivity (Wildman–Crippen MR) is 58.0 cm³/mol. The first-order chi connectivity index (χ1) is 7.18. The first-order valence-electron chi connectivity index (χ1n) is 4.31. The molecular formula is C11H8ClNO2. The second-order valence-corrected chi connectivity index (χ2v) is 3.45. The summed E-state index contributed by atoms with van der Waals surface area (Å²) in [4.78, 5) is 11.8. The normalized spacial score (nSPS) is 10.2. The molecule has 0 bridgehead atoms. The fraction of sp³-hybridized carbons (Fsp3) is 0. The molecule has 76 valence electrons. The molecule has 2 rings (SSSR count). The molecule has 0 aliphatic heterocycles.